The van der Waals surface area contributed by atoms with E-state index < -0.39 is 0 Å². The van der Waals surface area contributed by atoms with Crippen LogP contribution in [-0.2, 0) is 4.79 Å². The molecule has 3 aromatic rings. The van der Waals surface area contributed by atoms with E-state index in [4.69, 9.17) is 11.6 Å². The van der Waals surface area contributed by atoms with Gasteiger partial charge >= 0.3 is 0 Å². The minimum Gasteiger partial charge on any atom is -0.368 e. The number of halogens is 2. The van der Waals surface area contributed by atoms with Crippen molar-refractivity contribution in [1.29, 1.82) is 0 Å². The molecule has 1 aliphatic rings. The van der Waals surface area contributed by atoms with Crippen molar-refractivity contribution in [3.8, 4) is 0 Å². The fraction of sp³-hybridized carbons (Fsp3) is 0.273. The molecule has 1 saturated heterocycles. The molecule has 1 unspecified atom stereocenters. The quantitative estimate of drug-likeness (QED) is 0.698. The van der Waals surface area contributed by atoms with E-state index in [-0.39, 0.29) is 17.8 Å². The first-order valence-electron chi connectivity index (χ1n) is 9.61. The number of anilines is 2. The first-order chi connectivity index (χ1) is 14.0. The van der Waals surface area contributed by atoms with Crippen LogP contribution in [0.2, 0.25) is 5.02 Å². The molecule has 1 atom stereocenters. The molecule has 5 nitrogen and oxygen atoms in total. The van der Waals surface area contributed by atoms with Crippen molar-refractivity contribution >= 4 is 39.8 Å². The number of pyridine rings is 1. The van der Waals surface area contributed by atoms with E-state index in [1.54, 1.807) is 36.5 Å². The van der Waals surface area contributed by atoms with E-state index in [0.29, 0.717) is 5.02 Å². The Kier molecular flexibility index (Phi) is 5.65. The lowest BCUT2D eigenvalue weighted by atomic mass is 10.1. The molecular formula is C22H22ClFN4O. The highest BCUT2D eigenvalue weighted by molar-refractivity contribution is 6.30. The maximum Gasteiger partial charge on any atom is 0.241 e. The molecule has 0 radical (unpaired) electrons. The van der Waals surface area contributed by atoms with Gasteiger partial charge in [0, 0.05) is 54.2 Å². The van der Waals surface area contributed by atoms with Crippen LogP contribution in [0.25, 0.3) is 10.9 Å². The number of piperazine rings is 1. The molecule has 0 spiro atoms. The largest absolute Gasteiger partial charge is 0.368 e. The van der Waals surface area contributed by atoms with Crippen LogP contribution in [0.5, 0.6) is 0 Å². The molecule has 2 heterocycles. The number of hydrogen-bond acceptors (Lipinski definition) is 4. The Hall–Kier alpha value is -2.70. The molecule has 1 aliphatic heterocycles. The van der Waals surface area contributed by atoms with Gasteiger partial charge in [-0.05, 0) is 55.5 Å². The summed E-state index contributed by atoms with van der Waals surface area (Å²) >= 11 is 5.89. The first-order valence-corrected chi connectivity index (χ1v) is 9.99. The average molecular weight is 413 g/mol. The van der Waals surface area contributed by atoms with E-state index in [0.717, 1.165) is 48.5 Å². The van der Waals surface area contributed by atoms with Crippen LogP contribution in [0.15, 0.2) is 54.7 Å². The molecule has 7 heteroatoms. The summed E-state index contributed by atoms with van der Waals surface area (Å²) in [5.41, 5.74) is 2.49. The summed E-state index contributed by atoms with van der Waals surface area (Å²) in [5.74, 6) is -0.310. The molecule has 0 saturated carbocycles. The highest BCUT2D eigenvalue weighted by atomic mass is 35.5. The van der Waals surface area contributed by atoms with Gasteiger partial charge in [-0.1, -0.05) is 11.6 Å². The number of nitrogens with one attached hydrogen (secondary N) is 1. The lowest BCUT2D eigenvalue weighted by Gasteiger charge is -2.38. The third-order valence-electron chi connectivity index (χ3n) is 5.37. The van der Waals surface area contributed by atoms with Crippen molar-refractivity contribution < 1.29 is 9.18 Å². The summed E-state index contributed by atoms with van der Waals surface area (Å²) in [7, 11) is 0. The van der Waals surface area contributed by atoms with Crippen LogP contribution in [0, 0.1) is 5.82 Å². The number of rotatable bonds is 4. The molecule has 1 aromatic heterocycles. The molecule has 2 aromatic carbocycles. The standard InChI is InChI=1S/C22H22ClFN4O/c1-15(22(29)26-18-5-2-16(23)3-6-18)27-10-12-28(13-11-27)21-8-9-25-20-7-4-17(24)14-19(20)21/h2-9,14-15H,10-13H2,1H3,(H,26,29). The van der Waals surface area contributed by atoms with E-state index in [9.17, 15) is 9.18 Å². The van der Waals surface area contributed by atoms with Gasteiger partial charge in [-0.2, -0.15) is 0 Å². The molecule has 4 rings (SSSR count). The van der Waals surface area contributed by atoms with Gasteiger partial charge in [0.15, 0.2) is 0 Å². The summed E-state index contributed by atoms with van der Waals surface area (Å²) in [5, 5.41) is 4.39. The fourth-order valence-corrected chi connectivity index (χ4v) is 3.80. The molecule has 0 bridgehead atoms. The Morgan fingerprint density at radius 1 is 1.10 bits per heavy atom. The van der Waals surface area contributed by atoms with Crippen molar-refractivity contribution in [2.75, 3.05) is 36.4 Å². The SMILES string of the molecule is CC(C(=O)Nc1ccc(Cl)cc1)N1CCN(c2ccnc3ccc(F)cc23)CC1. The molecule has 1 amide bonds. The van der Waals surface area contributed by atoms with Gasteiger partial charge in [0.2, 0.25) is 5.91 Å². The third-order valence-corrected chi connectivity index (χ3v) is 5.63. The summed E-state index contributed by atoms with van der Waals surface area (Å²) < 4.78 is 13.7. The lowest BCUT2D eigenvalue weighted by molar-refractivity contribution is -0.120. The number of carbonyl (C=O) groups is 1. The van der Waals surface area contributed by atoms with E-state index in [1.165, 1.54) is 12.1 Å². The molecule has 150 valence electrons. The average Bonchev–Trinajstić information content (AvgIpc) is 2.74. The number of nitrogens with zero attached hydrogens (tertiary/aromatic N) is 3. The van der Waals surface area contributed by atoms with Crippen LogP contribution in [-0.4, -0.2) is 48.0 Å². The van der Waals surface area contributed by atoms with Gasteiger partial charge in [-0.3, -0.25) is 14.7 Å². The summed E-state index contributed by atoms with van der Waals surface area (Å²) in [4.78, 5) is 21.3. The van der Waals surface area contributed by atoms with Crippen LogP contribution in [0.3, 0.4) is 0 Å². The number of fused-ring (bicyclic) bond motifs is 1. The van der Waals surface area contributed by atoms with E-state index >= 15 is 0 Å². The summed E-state index contributed by atoms with van der Waals surface area (Å²) in [6, 6.07) is 13.4. The maximum atomic E-state index is 13.7. The Morgan fingerprint density at radius 3 is 2.55 bits per heavy atom. The fourth-order valence-electron chi connectivity index (χ4n) is 3.68. The minimum atomic E-state index is -0.266. The summed E-state index contributed by atoms with van der Waals surface area (Å²) in [6.45, 7) is 4.92. The number of carbonyl (C=O) groups excluding carboxylic acids is 1. The van der Waals surface area contributed by atoms with Crippen molar-refractivity contribution in [3.05, 3.63) is 65.6 Å². The number of aromatic nitrogens is 1. The lowest BCUT2D eigenvalue weighted by Crippen LogP contribution is -2.52. The van der Waals surface area contributed by atoms with Crippen molar-refractivity contribution in [2.24, 2.45) is 0 Å². The second-order valence-corrected chi connectivity index (χ2v) is 7.62. The Bertz CT molecular complexity index is 1020. The number of hydrogen-bond donors (Lipinski definition) is 1. The zero-order chi connectivity index (χ0) is 20.4. The Balaban J connectivity index is 1.41. The second-order valence-electron chi connectivity index (χ2n) is 7.19. The van der Waals surface area contributed by atoms with Gasteiger partial charge in [-0.25, -0.2) is 4.39 Å². The van der Waals surface area contributed by atoms with E-state index in [1.807, 2.05) is 13.0 Å². The van der Waals surface area contributed by atoms with Gasteiger partial charge in [0.1, 0.15) is 5.82 Å². The normalized spacial score (nSPS) is 16.0. The summed E-state index contributed by atoms with van der Waals surface area (Å²) in [6.07, 6.45) is 1.75. The third kappa shape index (κ3) is 4.33. The van der Waals surface area contributed by atoms with Crippen LogP contribution < -0.4 is 10.2 Å². The number of benzene rings is 2. The Labute approximate surface area is 174 Å². The topological polar surface area (TPSA) is 48.5 Å². The predicted molar refractivity (Wildman–Crippen MR) is 115 cm³/mol. The van der Waals surface area contributed by atoms with E-state index in [2.05, 4.69) is 20.1 Å². The molecule has 1 fully saturated rings. The first kappa shape index (κ1) is 19.6. The van der Waals surface area contributed by atoms with Crippen LogP contribution >= 0.6 is 11.6 Å². The molecule has 29 heavy (non-hydrogen) atoms. The second kappa shape index (κ2) is 8.35. The zero-order valence-electron chi connectivity index (χ0n) is 16.1. The van der Waals surface area contributed by atoms with Crippen LogP contribution in [0.1, 0.15) is 6.92 Å². The monoisotopic (exact) mass is 412 g/mol. The smallest absolute Gasteiger partial charge is 0.241 e. The van der Waals surface area contributed by atoms with Gasteiger partial charge in [0.25, 0.3) is 0 Å². The van der Waals surface area contributed by atoms with Crippen molar-refractivity contribution in [3.63, 3.8) is 0 Å². The molecular weight excluding hydrogens is 391 g/mol. The van der Waals surface area contributed by atoms with Gasteiger partial charge in [0.05, 0.1) is 11.6 Å². The predicted octanol–water partition coefficient (Wildman–Crippen LogP) is 4.18. The van der Waals surface area contributed by atoms with Crippen molar-refractivity contribution in [1.82, 2.24) is 9.88 Å². The zero-order valence-corrected chi connectivity index (χ0v) is 16.9. The molecule has 0 aliphatic carbocycles. The van der Waals surface area contributed by atoms with Gasteiger partial charge < -0.3 is 10.2 Å². The highest BCUT2D eigenvalue weighted by Crippen LogP contribution is 2.27. The number of amides is 1. The van der Waals surface area contributed by atoms with Gasteiger partial charge in [-0.15, -0.1) is 0 Å². The van der Waals surface area contributed by atoms with Crippen LogP contribution in [0.4, 0.5) is 15.8 Å². The highest BCUT2D eigenvalue weighted by Gasteiger charge is 2.26. The minimum absolute atomic E-state index is 0.0443. The Morgan fingerprint density at radius 2 is 1.83 bits per heavy atom. The molecule has 1 N–H and O–H groups in total. The van der Waals surface area contributed by atoms with Crippen molar-refractivity contribution in [2.45, 2.75) is 13.0 Å². The maximum absolute atomic E-state index is 13.7.